The topological polar surface area (TPSA) is 21.3 Å². The molecule has 0 amide bonds. The van der Waals surface area contributed by atoms with E-state index >= 15 is 0 Å². The fourth-order valence-electron chi connectivity index (χ4n) is 1.65. The zero-order chi connectivity index (χ0) is 11.1. The lowest BCUT2D eigenvalue weighted by atomic mass is 10.0. The molecule has 2 heteroatoms. The Labute approximate surface area is 92.6 Å². The molecule has 84 valence electrons. The van der Waals surface area contributed by atoms with E-state index in [4.69, 9.17) is 4.74 Å². The highest BCUT2D eigenvalue weighted by Crippen LogP contribution is 2.10. The molecule has 0 atom stereocenters. The molecule has 0 saturated heterocycles. The fourth-order valence-corrected chi connectivity index (χ4v) is 1.65. The van der Waals surface area contributed by atoms with E-state index in [1.54, 1.807) is 7.11 Å². The molecule has 0 aromatic heterocycles. The van der Waals surface area contributed by atoms with Gasteiger partial charge < -0.3 is 10.1 Å². The van der Waals surface area contributed by atoms with Gasteiger partial charge >= 0.3 is 0 Å². The van der Waals surface area contributed by atoms with E-state index in [0.717, 1.165) is 26.1 Å². The lowest BCUT2D eigenvalue weighted by molar-refractivity contribution is 0.199. The molecule has 2 nitrogen and oxygen atoms in total. The molecule has 0 spiro atoms. The Hall–Kier alpha value is -0.860. The summed E-state index contributed by atoms with van der Waals surface area (Å²) in [4.78, 5) is 0. The minimum absolute atomic E-state index is 0.785. The SMILES string of the molecule is COCCNCCc1ccc(C)cc1C. The number of methoxy groups -OCH3 is 1. The zero-order valence-electron chi connectivity index (χ0n) is 9.97. The highest BCUT2D eigenvalue weighted by atomic mass is 16.5. The summed E-state index contributed by atoms with van der Waals surface area (Å²) in [5.41, 5.74) is 4.16. The van der Waals surface area contributed by atoms with Gasteiger partial charge in [0.1, 0.15) is 0 Å². The molecule has 1 rings (SSSR count). The van der Waals surface area contributed by atoms with Gasteiger partial charge in [-0.05, 0) is 37.9 Å². The van der Waals surface area contributed by atoms with Crippen LogP contribution in [-0.4, -0.2) is 26.8 Å². The molecule has 0 saturated carbocycles. The van der Waals surface area contributed by atoms with E-state index in [1.165, 1.54) is 16.7 Å². The lowest BCUT2D eigenvalue weighted by Gasteiger charge is -2.07. The Kier molecular flexibility index (Phi) is 5.37. The van der Waals surface area contributed by atoms with Crippen molar-refractivity contribution in [1.29, 1.82) is 0 Å². The second kappa shape index (κ2) is 6.59. The summed E-state index contributed by atoms with van der Waals surface area (Å²) in [6.07, 6.45) is 1.09. The van der Waals surface area contributed by atoms with Gasteiger partial charge in [0, 0.05) is 13.7 Å². The molecule has 0 heterocycles. The fraction of sp³-hybridized carbons (Fsp3) is 0.538. The summed E-state index contributed by atoms with van der Waals surface area (Å²) >= 11 is 0. The molecule has 1 aromatic carbocycles. The standard InChI is InChI=1S/C13H21NO/c1-11-4-5-13(12(2)10-11)6-7-14-8-9-15-3/h4-5,10,14H,6-9H2,1-3H3. The molecule has 1 N–H and O–H groups in total. The molecule has 0 aliphatic heterocycles. The first-order valence-corrected chi connectivity index (χ1v) is 5.50. The predicted octanol–water partition coefficient (Wildman–Crippen LogP) is 2.08. The maximum atomic E-state index is 4.97. The average Bonchev–Trinajstić information content (AvgIpc) is 2.20. The first-order valence-electron chi connectivity index (χ1n) is 5.50. The highest BCUT2D eigenvalue weighted by molar-refractivity contribution is 5.30. The van der Waals surface area contributed by atoms with Crippen LogP contribution < -0.4 is 5.32 Å². The number of benzene rings is 1. The van der Waals surface area contributed by atoms with Crippen molar-refractivity contribution in [3.05, 3.63) is 34.9 Å². The molecular formula is C13H21NO. The van der Waals surface area contributed by atoms with E-state index in [9.17, 15) is 0 Å². The Morgan fingerprint density at radius 3 is 2.67 bits per heavy atom. The van der Waals surface area contributed by atoms with Gasteiger partial charge in [0.25, 0.3) is 0 Å². The smallest absolute Gasteiger partial charge is 0.0587 e. The summed E-state index contributed by atoms with van der Waals surface area (Å²) < 4.78 is 4.97. The van der Waals surface area contributed by atoms with Crippen LogP contribution in [0.3, 0.4) is 0 Å². The van der Waals surface area contributed by atoms with Crippen molar-refractivity contribution in [2.45, 2.75) is 20.3 Å². The van der Waals surface area contributed by atoms with Gasteiger partial charge in [-0.15, -0.1) is 0 Å². The van der Waals surface area contributed by atoms with Crippen LogP contribution in [0, 0.1) is 13.8 Å². The quantitative estimate of drug-likeness (QED) is 0.721. The van der Waals surface area contributed by atoms with Crippen LogP contribution in [0.25, 0.3) is 0 Å². The van der Waals surface area contributed by atoms with Crippen LogP contribution in [0.15, 0.2) is 18.2 Å². The summed E-state index contributed by atoms with van der Waals surface area (Å²) in [6, 6.07) is 6.64. The van der Waals surface area contributed by atoms with Crippen molar-refractivity contribution >= 4 is 0 Å². The first kappa shape index (κ1) is 12.2. The number of hydrogen-bond donors (Lipinski definition) is 1. The molecule has 0 fully saturated rings. The van der Waals surface area contributed by atoms with Crippen molar-refractivity contribution < 1.29 is 4.74 Å². The minimum Gasteiger partial charge on any atom is -0.383 e. The normalized spacial score (nSPS) is 10.6. The Morgan fingerprint density at radius 2 is 2.00 bits per heavy atom. The average molecular weight is 207 g/mol. The Morgan fingerprint density at radius 1 is 1.20 bits per heavy atom. The molecule has 0 radical (unpaired) electrons. The maximum Gasteiger partial charge on any atom is 0.0587 e. The van der Waals surface area contributed by atoms with Crippen LogP contribution in [-0.2, 0) is 11.2 Å². The van der Waals surface area contributed by atoms with Crippen molar-refractivity contribution in [2.75, 3.05) is 26.8 Å². The number of nitrogens with one attached hydrogen (secondary N) is 1. The second-order valence-corrected chi connectivity index (χ2v) is 3.92. The summed E-state index contributed by atoms with van der Waals surface area (Å²) in [6.45, 7) is 7.05. The van der Waals surface area contributed by atoms with Gasteiger partial charge in [-0.1, -0.05) is 23.8 Å². The molecule has 0 unspecified atom stereocenters. The number of hydrogen-bond acceptors (Lipinski definition) is 2. The number of rotatable bonds is 6. The first-order chi connectivity index (χ1) is 7.24. The third kappa shape index (κ3) is 4.45. The molecule has 1 aromatic rings. The van der Waals surface area contributed by atoms with Gasteiger partial charge in [0.15, 0.2) is 0 Å². The number of aryl methyl sites for hydroxylation is 2. The van der Waals surface area contributed by atoms with E-state index in [2.05, 4.69) is 37.4 Å². The van der Waals surface area contributed by atoms with Crippen LogP contribution in [0.4, 0.5) is 0 Å². The Bertz CT molecular complexity index is 297. The van der Waals surface area contributed by atoms with E-state index in [1.807, 2.05) is 0 Å². The van der Waals surface area contributed by atoms with Crippen LogP contribution in [0.5, 0.6) is 0 Å². The van der Waals surface area contributed by atoms with Crippen molar-refractivity contribution in [1.82, 2.24) is 5.32 Å². The van der Waals surface area contributed by atoms with Crippen molar-refractivity contribution in [3.8, 4) is 0 Å². The van der Waals surface area contributed by atoms with Gasteiger partial charge in [0.05, 0.1) is 6.61 Å². The largest absolute Gasteiger partial charge is 0.383 e. The van der Waals surface area contributed by atoms with Crippen molar-refractivity contribution in [2.24, 2.45) is 0 Å². The van der Waals surface area contributed by atoms with Gasteiger partial charge in [0.2, 0.25) is 0 Å². The molecular weight excluding hydrogens is 186 g/mol. The van der Waals surface area contributed by atoms with Crippen LogP contribution >= 0.6 is 0 Å². The van der Waals surface area contributed by atoms with Gasteiger partial charge in [-0.2, -0.15) is 0 Å². The zero-order valence-corrected chi connectivity index (χ0v) is 9.97. The third-order valence-corrected chi connectivity index (χ3v) is 2.55. The lowest BCUT2D eigenvalue weighted by Crippen LogP contribution is -2.21. The molecule has 0 aliphatic rings. The van der Waals surface area contributed by atoms with E-state index < -0.39 is 0 Å². The second-order valence-electron chi connectivity index (χ2n) is 3.92. The summed E-state index contributed by atoms with van der Waals surface area (Å²) in [5, 5.41) is 3.35. The van der Waals surface area contributed by atoms with Crippen molar-refractivity contribution in [3.63, 3.8) is 0 Å². The Balaban J connectivity index is 2.31. The maximum absolute atomic E-state index is 4.97. The van der Waals surface area contributed by atoms with Gasteiger partial charge in [-0.25, -0.2) is 0 Å². The summed E-state index contributed by atoms with van der Waals surface area (Å²) in [5.74, 6) is 0. The molecule has 15 heavy (non-hydrogen) atoms. The monoisotopic (exact) mass is 207 g/mol. The summed E-state index contributed by atoms with van der Waals surface area (Å²) in [7, 11) is 1.73. The minimum atomic E-state index is 0.785. The number of ether oxygens (including phenoxy) is 1. The third-order valence-electron chi connectivity index (χ3n) is 2.55. The van der Waals surface area contributed by atoms with Gasteiger partial charge in [-0.3, -0.25) is 0 Å². The van der Waals surface area contributed by atoms with E-state index in [-0.39, 0.29) is 0 Å². The highest BCUT2D eigenvalue weighted by Gasteiger charge is 1.97. The van der Waals surface area contributed by atoms with Crippen LogP contribution in [0.2, 0.25) is 0 Å². The molecule has 0 bridgehead atoms. The van der Waals surface area contributed by atoms with Crippen LogP contribution in [0.1, 0.15) is 16.7 Å². The predicted molar refractivity (Wildman–Crippen MR) is 64.4 cm³/mol. The molecule has 0 aliphatic carbocycles. The van der Waals surface area contributed by atoms with E-state index in [0.29, 0.717) is 0 Å².